The van der Waals surface area contributed by atoms with Gasteiger partial charge in [-0.15, -0.1) is 12.4 Å². The van der Waals surface area contributed by atoms with Crippen molar-refractivity contribution in [2.75, 3.05) is 0 Å². The lowest BCUT2D eigenvalue weighted by Crippen LogP contribution is -2.50. The molecule has 128 valence electrons. The second kappa shape index (κ2) is 8.65. The molecular formula is C19H22BrClN2O. The fourth-order valence-corrected chi connectivity index (χ4v) is 3.27. The highest BCUT2D eigenvalue weighted by atomic mass is 79.9. The zero-order valence-corrected chi connectivity index (χ0v) is 16.0. The van der Waals surface area contributed by atoms with Gasteiger partial charge in [-0.05, 0) is 48.6 Å². The minimum Gasteiger partial charge on any atom is -0.352 e. The first-order chi connectivity index (χ1) is 11.1. The molecule has 3 nitrogen and oxygen atoms in total. The fraction of sp³-hybridized carbons (Fsp3) is 0.316. The van der Waals surface area contributed by atoms with E-state index in [4.69, 9.17) is 0 Å². The van der Waals surface area contributed by atoms with Crippen LogP contribution in [0.15, 0.2) is 53.0 Å². The van der Waals surface area contributed by atoms with Crippen molar-refractivity contribution in [1.82, 2.24) is 10.6 Å². The van der Waals surface area contributed by atoms with E-state index in [1.54, 1.807) is 0 Å². The Morgan fingerprint density at radius 2 is 1.88 bits per heavy atom. The molecule has 0 aromatic heterocycles. The lowest BCUT2D eigenvalue weighted by atomic mass is 9.95. The third-order valence-corrected chi connectivity index (χ3v) is 4.77. The third-order valence-electron chi connectivity index (χ3n) is 4.24. The SMILES string of the molecule is CC(Cc1ccc(Br)cc1)NC(=O)C1Cc2ccccc2CN1.Cl. The van der Waals surface area contributed by atoms with Crippen LogP contribution in [0.5, 0.6) is 0 Å². The van der Waals surface area contributed by atoms with E-state index >= 15 is 0 Å². The summed E-state index contributed by atoms with van der Waals surface area (Å²) in [4.78, 5) is 12.5. The van der Waals surface area contributed by atoms with Gasteiger partial charge in [-0.1, -0.05) is 52.3 Å². The second-order valence-corrected chi connectivity index (χ2v) is 7.06. The number of hydrogen-bond acceptors (Lipinski definition) is 2. The Labute approximate surface area is 157 Å². The molecule has 1 heterocycles. The first-order valence-corrected chi connectivity index (χ1v) is 8.76. The summed E-state index contributed by atoms with van der Waals surface area (Å²) in [6, 6.07) is 16.5. The Kier molecular flexibility index (Phi) is 6.84. The number of amides is 1. The highest BCUT2D eigenvalue weighted by Gasteiger charge is 2.24. The number of hydrogen-bond donors (Lipinski definition) is 2. The number of benzene rings is 2. The van der Waals surface area contributed by atoms with Gasteiger partial charge in [0.15, 0.2) is 0 Å². The van der Waals surface area contributed by atoms with Crippen LogP contribution in [0.4, 0.5) is 0 Å². The molecule has 0 aliphatic carbocycles. The molecule has 2 N–H and O–H groups in total. The lowest BCUT2D eigenvalue weighted by molar-refractivity contribution is -0.123. The first kappa shape index (κ1) is 19.0. The van der Waals surface area contributed by atoms with Crippen molar-refractivity contribution in [3.63, 3.8) is 0 Å². The van der Waals surface area contributed by atoms with Crippen molar-refractivity contribution in [1.29, 1.82) is 0 Å². The van der Waals surface area contributed by atoms with E-state index < -0.39 is 0 Å². The predicted octanol–water partition coefficient (Wildman–Crippen LogP) is 3.63. The predicted molar refractivity (Wildman–Crippen MR) is 103 cm³/mol. The maximum absolute atomic E-state index is 12.5. The minimum absolute atomic E-state index is 0. The van der Waals surface area contributed by atoms with Crippen molar-refractivity contribution in [3.05, 3.63) is 69.7 Å². The van der Waals surface area contributed by atoms with Gasteiger partial charge in [0, 0.05) is 17.1 Å². The van der Waals surface area contributed by atoms with Gasteiger partial charge in [0.1, 0.15) is 0 Å². The van der Waals surface area contributed by atoms with Crippen LogP contribution in [-0.4, -0.2) is 18.0 Å². The van der Waals surface area contributed by atoms with Gasteiger partial charge < -0.3 is 10.6 Å². The van der Waals surface area contributed by atoms with Crippen molar-refractivity contribution >= 4 is 34.2 Å². The van der Waals surface area contributed by atoms with Gasteiger partial charge in [0.05, 0.1) is 6.04 Å². The number of carbonyl (C=O) groups is 1. The second-order valence-electron chi connectivity index (χ2n) is 6.15. The highest BCUT2D eigenvalue weighted by Crippen LogP contribution is 2.16. The Morgan fingerprint density at radius 1 is 1.21 bits per heavy atom. The van der Waals surface area contributed by atoms with Crippen molar-refractivity contribution in [2.24, 2.45) is 0 Å². The molecule has 0 fully saturated rings. The van der Waals surface area contributed by atoms with Crippen LogP contribution in [0.3, 0.4) is 0 Å². The summed E-state index contributed by atoms with van der Waals surface area (Å²) in [7, 11) is 0. The molecule has 2 aromatic carbocycles. The van der Waals surface area contributed by atoms with Crippen LogP contribution in [0, 0.1) is 0 Å². The van der Waals surface area contributed by atoms with Crippen molar-refractivity contribution < 1.29 is 4.79 Å². The number of halogens is 2. The third kappa shape index (κ3) is 4.82. The molecule has 0 bridgehead atoms. The van der Waals surface area contributed by atoms with E-state index in [1.807, 2.05) is 24.3 Å². The van der Waals surface area contributed by atoms with Crippen LogP contribution < -0.4 is 10.6 Å². The fourth-order valence-electron chi connectivity index (χ4n) is 3.01. The van der Waals surface area contributed by atoms with Gasteiger partial charge in [-0.2, -0.15) is 0 Å². The van der Waals surface area contributed by atoms with Crippen LogP contribution in [-0.2, 0) is 24.2 Å². The topological polar surface area (TPSA) is 41.1 Å². The van der Waals surface area contributed by atoms with Gasteiger partial charge >= 0.3 is 0 Å². The molecule has 0 radical (unpaired) electrons. The number of rotatable bonds is 4. The van der Waals surface area contributed by atoms with E-state index in [2.05, 4.69) is 57.8 Å². The summed E-state index contributed by atoms with van der Waals surface area (Å²) < 4.78 is 1.07. The molecule has 2 unspecified atom stereocenters. The molecular weight excluding hydrogens is 388 g/mol. The summed E-state index contributed by atoms with van der Waals surface area (Å²) in [5.74, 6) is 0.0871. The maximum atomic E-state index is 12.5. The number of nitrogens with one attached hydrogen (secondary N) is 2. The summed E-state index contributed by atoms with van der Waals surface area (Å²) in [5, 5.41) is 6.46. The van der Waals surface area contributed by atoms with Crippen molar-refractivity contribution in [3.8, 4) is 0 Å². The minimum atomic E-state index is -0.141. The normalized spacial score (nSPS) is 17.3. The van der Waals surface area contributed by atoms with Gasteiger partial charge in [0.2, 0.25) is 5.91 Å². The monoisotopic (exact) mass is 408 g/mol. The summed E-state index contributed by atoms with van der Waals surface area (Å²) in [6.45, 7) is 2.81. The molecule has 1 amide bonds. The molecule has 3 rings (SSSR count). The highest BCUT2D eigenvalue weighted by molar-refractivity contribution is 9.10. The Morgan fingerprint density at radius 3 is 2.58 bits per heavy atom. The standard InChI is InChI=1S/C19H21BrN2O.ClH/c1-13(10-14-6-8-17(20)9-7-14)22-19(23)18-11-15-4-2-3-5-16(15)12-21-18;/h2-9,13,18,21H,10-12H2,1H3,(H,22,23);1H. The molecule has 5 heteroatoms. The Bertz CT molecular complexity index is 690. The van der Waals surface area contributed by atoms with E-state index in [-0.39, 0.29) is 30.4 Å². The molecule has 2 aromatic rings. The first-order valence-electron chi connectivity index (χ1n) is 7.97. The zero-order valence-electron chi connectivity index (χ0n) is 13.6. The summed E-state index contributed by atoms with van der Waals surface area (Å²) in [6.07, 6.45) is 1.59. The molecule has 1 aliphatic rings. The average molecular weight is 410 g/mol. The zero-order chi connectivity index (χ0) is 16.2. The van der Waals surface area contributed by atoms with Crippen LogP contribution in [0.25, 0.3) is 0 Å². The molecule has 2 atom stereocenters. The summed E-state index contributed by atoms with van der Waals surface area (Å²) in [5.41, 5.74) is 3.79. The molecule has 1 aliphatic heterocycles. The smallest absolute Gasteiger partial charge is 0.237 e. The van der Waals surface area contributed by atoms with Crippen molar-refractivity contribution in [2.45, 2.75) is 38.4 Å². The van der Waals surface area contributed by atoms with Crippen LogP contribution >= 0.6 is 28.3 Å². The summed E-state index contributed by atoms with van der Waals surface area (Å²) >= 11 is 3.44. The largest absolute Gasteiger partial charge is 0.352 e. The molecule has 0 spiro atoms. The van der Waals surface area contributed by atoms with Crippen LogP contribution in [0.2, 0.25) is 0 Å². The van der Waals surface area contributed by atoms with Crippen LogP contribution in [0.1, 0.15) is 23.6 Å². The quantitative estimate of drug-likeness (QED) is 0.809. The number of carbonyl (C=O) groups excluding carboxylic acids is 1. The molecule has 24 heavy (non-hydrogen) atoms. The molecule has 0 saturated carbocycles. The number of fused-ring (bicyclic) bond motifs is 1. The van der Waals surface area contributed by atoms with E-state index in [9.17, 15) is 4.79 Å². The van der Waals surface area contributed by atoms with Gasteiger partial charge in [0.25, 0.3) is 0 Å². The maximum Gasteiger partial charge on any atom is 0.237 e. The van der Waals surface area contributed by atoms with E-state index in [1.165, 1.54) is 16.7 Å². The average Bonchev–Trinajstić information content (AvgIpc) is 2.56. The van der Waals surface area contributed by atoms with Gasteiger partial charge in [-0.3, -0.25) is 4.79 Å². The lowest BCUT2D eigenvalue weighted by Gasteiger charge is -2.26. The van der Waals surface area contributed by atoms with Gasteiger partial charge in [-0.25, -0.2) is 0 Å². The Balaban J connectivity index is 0.00000208. The Hall–Kier alpha value is -1.36. The van der Waals surface area contributed by atoms with E-state index in [0.29, 0.717) is 0 Å². The molecule has 0 saturated heterocycles. The van der Waals surface area contributed by atoms with E-state index in [0.717, 1.165) is 23.9 Å².